The molecule has 0 spiro atoms. The molecular formula is C22H32N2O2S. The van der Waals surface area contributed by atoms with Crippen LogP contribution in [0.5, 0.6) is 0 Å². The minimum Gasteiger partial charge on any atom is -0.339 e. The van der Waals surface area contributed by atoms with Gasteiger partial charge < -0.3 is 9.80 Å². The highest BCUT2D eigenvalue weighted by Crippen LogP contribution is 2.40. The van der Waals surface area contributed by atoms with E-state index in [2.05, 4.69) is 26.8 Å². The van der Waals surface area contributed by atoms with E-state index in [1.165, 1.54) is 23.3 Å². The molecule has 0 aromatic carbocycles. The van der Waals surface area contributed by atoms with Crippen LogP contribution in [0.1, 0.15) is 66.6 Å². The second kappa shape index (κ2) is 7.23. The molecule has 0 bridgehead atoms. The smallest absolute Gasteiger partial charge is 0.264 e. The molecule has 148 valence electrons. The number of carbonyl (C=O) groups is 2. The van der Waals surface area contributed by atoms with Crippen molar-refractivity contribution in [3.8, 4) is 0 Å². The number of piperazine rings is 1. The van der Waals surface area contributed by atoms with Gasteiger partial charge in [0.15, 0.2) is 0 Å². The number of carbonyl (C=O) groups excluding carboxylic acids is 2. The van der Waals surface area contributed by atoms with Crippen LogP contribution in [0.4, 0.5) is 0 Å². The van der Waals surface area contributed by atoms with Crippen molar-refractivity contribution in [2.24, 2.45) is 17.3 Å². The first-order valence-electron chi connectivity index (χ1n) is 10.5. The molecule has 2 amide bonds. The Balaban J connectivity index is 1.37. The zero-order chi connectivity index (χ0) is 19.2. The summed E-state index contributed by atoms with van der Waals surface area (Å²) in [6, 6.07) is 2.16. The predicted octanol–water partition coefficient (Wildman–Crippen LogP) is 3.98. The molecule has 2 fully saturated rings. The fourth-order valence-corrected chi connectivity index (χ4v) is 5.74. The van der Waals surface area contributed by atoms with Gasteiger partial charge in [0.1, 0.15) is 0 Å². The van der Waals surface area contributed by atoms with Crippen molar-refractivity contribution in [2.75, 3.05) is 26.2 Å². The monoisotopic (exact) mass is 388 g/mol. The van der Waals surface area contributed by atoms with Crippen molar-refractivity contribution in [2.45, 2.75) is 59.3 Å². The van der Waals surface area contributed by atoms with Gasteiger partial charge in [-0.15, -0.1) is 11.3 Å². The van der Waals surface area contributed by atoms with Crippen molar-refractivity contribution in [1.82, 2.24) is 9.80 Å². The normalized spacial score (nSPS) is 23.7. The molecule has 2 heterocycles. The van der Waals surface area contributed by atoms with E-state index in [-0.39, 0.29) is 11.8 Å². The van der Waals surface area contributed by atoms with Gasteiger partial charge in [-0.2, -0.15) is 0 Å². The number of rotatable bonds is 2. The lowest BCUT2D eigenvalue weighted by Gasteiger charge is -2.38. The van der Waals surface area contributed by atoms with Gasteiger partial charge in [-0.1, -0.05) is 27.2 Å². The summed E-state index contributed by atoms with van der Waals surface area (Å²) >= 11 is 1.70. The van der Waals surface area contributed by atoms with Crippen LogP contribution in [0.25, 0.3) is 0 Å². The summed E-state index contributed by atoms with van der Waals surface area (Å²) in [5.41, 5.74) is 1.72. The van der Waals surface area contributed by atoms with Crippen molar-refractivity contribution in [3.63, 3.8) is 0 Å². The second-order valence-corrected chi connectivity index (χ2v) is 10.7. The third-order valence-corrected chi connectivity index (χ3v) is 8.08. The number of hydrogen-bond acceptors (Lipinski definition) is 3. The van der Waals surface area contributed by atoms with Crippen LogP contribution in [0.15, 0.2) is 6.07 Å². The Morgan fingerprint density at radius 2 is 1.70 bits per heavy atom. The lowest BCUT2D eigenvalue weighted by atomic mass is 9.72. The predicted molar refractivity (Wildman–Crippen MR) is 109 cm³/mol. The van der Waals surface area contributed by atoms with Crippen LogP contribution in [0.2, 0.25) is 0 Å². The second-order valence-electron chi connectivity index (χ2n) is 9.61. The molecular weight excluding hydrogens is 356 g/mol. The molecule has 1 aromatic heterocycles. The number of aryl methyl sites for hydroxylation is 1. The lowest BCUT2D eigenvalue weighted by Crippen LogP contribution is -2.52. The standard InChI is InChI=1S/C22H32N2O2S/c1-22(2,3)17-7-8-18-16(13-17)14-19(27-18)21(26)24-11-9-23(10-12-24)20(25)15-5-4-6-15/h14-15,17H,4-13H2,1-3H3. The first-order chi connectivity index (χ1) is 12.8. The van der Waals surface area contributed by atoms with E-state index in [1.807, 2.05) is 9.80 Å². The molecule has 0 N–H and O–H groups in total. The average Bonchev–Trinajstić information content (AvgIpc) is 3.02. The molecule has 1 unspecified atom stereocenters. The summed E-state index contributed by atoms with van der Waals surface area (Å²) in [6.07, 6.45) is 6.73. The van der Waals surface area contributed by atoms with Crippen LogP contribution >= 0.6 is 11.3 Å². The quantitative estimate of drug-likeness (QED) is 0.769. The summed E-state index contributed by atoms with van der Waals surface area (Å²) in [4.78, 5) is 31.6. The Hall–Kier alpha value is -1.36. The zero-order valence-electron chi connectivity index (χ0n) is 16.9. The summed E-state index contributed by atoms with van der Waals surface area (Å²) in [7, 11) is 0. The molecule has 1 saturated heterocycles. The first kappa shape index (κ1) is 19.0. The van der Waals surface area contributed by atoms with Crippen LogP contribution in [-0.4, -0.2) is 47.8 Å². The van der Waals surface area contributed by atoms with Crippen LogP contribution < -0.4 is 0 Å². The van der Waals surface area contributed by atoms with E-state index in [9.17, 15) is 9.59 Å². The Kier molecular flexibility index (Phi) is 5.08. The molecule has 0 radical (unpaired) electrons. The van der Waals surface area contributed by atoms with Gasteiger partial charge in [0, 0.05) is 37.0 Å². The molecule has 5 heteroatoms. The number of amides is 2. The molecule has 1 saturated carbocycles. The van der Waals surface area contributed by atoms with Crippen molar-refractivity contribution >= 4 is 23.2 Å². The van der Waals surface area contributed by atoms with Gasteiger partial charge >= 0.3 is 0 Å². The highest BCUT2D eigenvalue weighted by molar-refractivity contribution is 7.14. The summed E-state index contributed by atoms with van der Waals surface area (Å²) < 4.78 is 0. The SMILES string of the molecule is CC(C)(C)C1CCc2sc(C(=O)N3CCN(C(=O)C4CCC4)CC3)cc2C1. The average molecular weight is 389 g/mol. The topological polar surface area (TPSA) is 40.6 Å². The van der Waals surface area contributed by atoms with E-state index in [0.29, 0.717) is 43.4 Å². The Morgan fingerprint density at radius 1 is 1.04 bits per heavy atom. The summed E-state index contributed by atoms with van der Waals surface area (Å²) in [6.45, 7) is 9.70. The third-order valence-electron chi connectivity index (χ3n) is 6.85. The molecule has 1 atom stereocenters. The van der Waals surface area contributed by atoms with Gasteiger partial charge in [0.2, 0.25) is 5.91 Å². The highest BCUT2D eigenvalue weighted by atomic mass is 32.1. The fourth-order valence-electron chi connectivity index (χ4n) is 4.57. The number of thiophene rings is 1. The Labute approximate surface area is 166 Å². The molecule has 2 aliphatic carbocycles. The highest BCUT2D eigenvalue weighted by Gasteiger charge is 2.34. The first-order valence-corrected chi connectivity index (χ1v) is 11.3. The fraction of sp³-hybridized carbons (Fsp3) is 0.727. The minimum absolute atomic E-state index is 0.164. The van der Waals surface area contributed by atoms with Gasteiger partial charge in [0.05, 0.1) is 4.88 Å². The maximum Gasteiger partial charge on any atom is 0.264 e. The van der Waals surface area contributed by atoms with Gasteiger partial charge in [-0.3, -0.25) is 9.59 Å². The van der Waals surface area contributed by atoms with Crippen LogP contribution in [-0.2, 0) is 17.6 Å². The largest absolute Gasteiger partial charge is 0.339 e. The van der Waals surface area contributed by atoms with Crippen LogP contribution in [0.3, 0.4) is 0 Å². The van der Waals surface area contributed by atoms with E-state index in [0.717, 1.165) is 30.6 Å². The van der Waals surface area contributed by atoms with E-state index in [4.69, 9.17) is 0 Å². The molecule has 3 aliphatic rings. The van der Waals surface area contributed by atoms with Crippen LogP contribution in [0, 0.1) is 17.3 Å². The third kappa shape index (κ3) is 3.80. The Morgan fingerprint density at radius 3 is 2.30 bits per heavy atom. The number of hydrogen-bond donors (Lipinski definition) is 0. The summed E-state index contributed by atoms with van der Waals surface area (Å²) in [5, 5.41) is 0. The molecule has 4 nitrogen and oxygen atoms in total. The molecule has 1 aromatic rings. The van der Waals surface area contributed by atoms with Crippen molar-refractivity contribution < 1.29 is 9.59 Å². The van der Waals surface area contributed by atoms with Crippen molar-refractivity contribution in [1.29, 1.82) is 0 Å². The van der Waals surface area contributed by atoms with E-state index in [1.54, 1.807) is 11.3 Å². The van der Waals surface area contributed by atoms with E-state index >= 15 is 0 Å². The van der Waals surface area contributed by atoms with Gasteiger partial charge in [-0.25, -0.2) is 0 Å². The zero-order valence-corrected chi connectivity index (χ0v) is 17.7. The maximum atomic E-state index is 13.0. The van der Waals surface area contributed by atoms with Gasteiger partial charge in [-0.05, 0) is 55.1 Å². The number of nitrogens with zero attached hydrogens (tertiary/aromatic N) is 2. The van der Waals surface area contributed by atoms with Gasteiger partial charge in [0.25, 0.3) is 5.91 Å². The molecule has 1 aliphatic heterocycles. The lowest BCUT2D eigenvalue weighted by molar-refractivity contribution is -0.139. The molecule has 27 heavy (non-hydrogen) atoms. The van der Waals surface area contributed by atoms with E-state index < -0.39 is 0 Å². The minimum atomic E-state index is 0.164. The Bertz CT molecular complexity index is 721. The maximum absolute atomic E-state index is 13.0. The number of fused-ring (bicyclic) bond motifs is 1. The molecule has 4 rings (SSSR count). The summed E-state index contributed by atoms with van der Waals surface area (Å²) in [5.74, 6) is 1.43. The van der Waals surface area contributed by atoms with Crippen molar-refractivity contribution in [3.05, 3.63) is 21.4 Å².